The van der Waals surface area contributed by atoms with Gasteiger partial charge in [0.05, 0.1) is 11.8 Å². The van der Waals surface area contributed by atoms with Crippen molar-refractivity contribution < 1.29 is 27.9 Å². The first-order chi connectivity index (χ1) is 9.54. The molecule has 1 aliphatic heterocycles. The Hall–Kier alpha value is -1.12. The molecule has 1 rings (SSSR count). The Balaban J connectivity index is 2.81. The summed E-state index contributed by atoms with van der Waals surface area (Å²) in [5.74, 6) is -0.876. The van der Waals surface area contributed by atoms with Gasteiger partial charge in [-0.2, -0.15) is 13.2 Å². The van der Waals surface area contributed by atoms with E-state index in [9.17, 15) is 22.8 Å². The van der Waals surface area contributed by atoms with Crippen LogP contribution in [0, 0.1) is 5.92 Å². The van der Waals surface area contributed by atoms with Crippen LogP contribution in [-0.4, -0.2) is 63.8 Å². The molecular weight excluding hydrogens is 309 g/mol. The summed E-state index contributed by atoms with van der Waals surface area (Å²) >= 11 is 1.34. The summed E-state index contributed by atoms with van der Waals surface area (Å²) in [6.07, 6.45) is -5.46. The van der Waals surface area contributed by atoms with Crippen molar-refractivity contribution in [3.05, 3.63) is 0 Å². The van der Waals surface area contributed by atoms with Crippen molar-refractivity contribution in [1.29, 1.82) is 0 Å². The van der Waals surface area contributed by atoms with E-state index >= 15 is 0 Å². The molecule has 0 bridgehead atoms. The van der Waals surface area contributed by atoms with Crippen LogP contribution in [0.15, 0.2) is 0 Å². The zero-order valence-corrected chi connectivity index (χ0v) is 12.9. The van der Waals surface area contributed by atoms with Crippen molar-refractivity contribution >= 4 is 23.8 Å². The Bertz CT molecular complexity index is 404. The number of aliphatic carboxylic acids is 1. The molecule has 0 radical (unpaired) electrons. The largest absolute Gasteiger partial charge is 0.480 e. The summed E-state index contributed by atoms with van der Waals surface area (Å²) in [6, 6.07) is -1.67. The quantitative estimate of drug-likeness (QED) is 0.861. The highest BCUT2D eigenvalue weighted by Crippen LogP contribution is 2.35. The molecule has 2 amide bonds. The van der Waals surface area contributed by atoms with Gasteiger partial charge in [-0.15, -0.1) is 11.8 Å². The van der Waals surface area contributed by atoms with E-state index in [4.69, 9.17) is 5.11 Å². The van der Waals surface area contributed by atoms with E-state index in [1.165, 1.54) is 23.7 Å². The Morgan fingerprint density at radius 2 is 2.00 bits per heavy atom. The summed E-state index contributed by atoms with van der Waals surface area (Å²) in [4.78, 5) is 25.6. The Kier molecular flexibility index (Phi) is 5.77. The first-order valence-electron chi connectivity index (χ1n) is 6.49. The molecule has 2 atom stereocenters. The summed E-state index contributed by atoms with van der Waals surface area (Å²) in [7, 11) is 1.26. The first-order valence-corrected chi connectivity index (χ1v) is 7.54. The number of alkyl halides is 3. The minimum absolute atomic E-state index is 0.0133. The second-order valence-corrected chi connectivity index (χ2v) is 6.45. The fraction of sp³-hybridized carbons (Fsp3) is 0.833. The number of carboxylic acid groups (broad SMARTS) is 1. The molecule has 0 saturated carbocycles. The molecule has 1 heterocycles. The number of thioether (sulfide) groups is 1. The van der Waals surface area contributed by atoms with Gasteiger partial charge in [0.15, 0.2) is 0 Å². The number of hydrogen-bond donors (Lipinski definition) is 1. The lowest BCUT2D eigenvalue weighted by Gasteiger charge is -2.33. The minimum atomic E-state index is -4.35. The van der Waals surface area contributed by atoms with Gasteiger partial charge in [-0.1, -0.05) is 13.8 Å². The Morgan fingerprint density at radius 1 is 1.43 bits per heavy atom. The number of carbonyl (C=O) groups is 2. The van der Waals surface area contributed by atoms with Gasteiger partial charge in [-0.25, -0.2) is 9.59 Å². The number of carboxylic acids is 1. The third kappa shape index (κ3) is 4.69. The van der Waals surface area contributed by atoms with Crippen LogP contribution in [0.2, 0.25) is 0 Å². The van der Waals surface area contributed by atoms with Crippen molar-refractivity contribution in [1.82, 2.24) is 9.80 Å². The van der Waals surface area contributed by atoms with Gasteiger partial charge in [0.1, 0.15) is 6.04 Å². The maximum atomic E-state index is 12.3. The average molecular weight is 328 g/mol. The molecule has 1 saturated heterocycles. The van der Waals surface area contributed by atoms with E-state index in [-0.39, 0.29) is 17.0 Å². The van der Waals surface area contributed by atoms with Crippen LogP contribution >= 0.6 is 11.8 Å². The molecule has 5 nitrogen and oxygen atoms in total. The number of hydrogen-bond acceptors (Lipinski definition) is 3. The van der Waals surface area contributed by atoms with Crippen LogP contribution in [-0.2, 0) is 4.79 Å². The molecule has 0 aromatic heterocycles. The zero-order valence-electron chi connectivity index (χ0n) is 12.1. The summed E-state index contributed by atoms with van der Waals surface area (Å²) in [6.45, 7) is 3.20. The highest BCUT2D eigenvalue weighted by Gasteiger charge is 2.44. The van der Waals surface area contributed by atoms with Crippen molar-refractivity contribution in [3.63, 3.8) is 0 Å². The zero-order chi connectivity index (χ0) is 16.4. The Morgan fingerprint density at radius 3 is 2.43 bits per heavy atom. The highest BCUT2D eigenvalue weighted by molar-refractivity contribution is 8.00. The minimum Gasteiger partial charge on any atom is -0.480 e. The van der Waals surface area contributed by atoms with Gasteiger partial charge in [0.2, 0.25) is 0 Å². The predicted molar refractivity (Wildman–Crippen MR) is 73.0 cm³/mol. The molecule has 1 N–H and O–H groups in total. The van der Waals surface area contributed by atoms with Gasteiger partial charge in [-0.3, -0.25) is 4.90 Å². The molecule has 0 aromatic carbocycles. The van der Waals surface area contributed by atoms with Crippen LogP contribution < -0.4 is 0 Å². The van der Waals surface area contributed by atoms with E-state index in [0.29, 0.717) is 0 Å². The maximum absolute atomic E-state index is 12.3. The van der Waals surface area contributed by atoms with Gasteiger partial charge in [-0.05, 0) is 5.92 Å². The standard InChI is InChI=1S/C12H19F3N2O3S/c1-7(2)9-17(8(6-21-9)10(18)19)11(20)16(3)5-4-12(13,14)15/h7-9H,4-6H2,1-3H3,(H,18,19). The molecular formula is C12H19F3N2O3S. The van der Waals surface area contributed by atoms with Crippen molar-refractivity contribution in [3.8, 4) is 0 Å². The molecule has 9 heteroatoms. The fourth-order valence-corrected chi connectivity index (χ4v) is 3.53. The van der Waals surface area contributed by atoms with Gasteiger partial charge in [0.25, 0.3) is 0 Å². The number of amides is 2. The van der Waals surface area contributed by atoms with Crippen LogP contribution in [0.5, 0.6) is 0 Å². The van der Waals surface area contributed by atoms with Gasteiger partial charge >= 0.3 is 18.2 Å². The lowest BCUT2D eigenvalue weighted by atomic mass is 10.1. The van der Waals surface area contributed by atoms with E-state index in [2.05, 4.69) is 0 Å². The fourth-order valence-electron chi connectivity index (χ4n) is 2.06. The molecule has 1 aliphatic rings. The summed E-state index contributed by atoms with van der Waals surface area (Å²) in [5, 5.41) is 8.83. The molecule has 0 spiro atoms. The third-order valence-corrected chi connectivity index (χ3v) is 4.79. The molecule has 21 heavy (non-hydrogen) atoms. The normalized spacial score (nSPS) is 22.7. The van der Waals surface area contributed by atoms with E-state index in [1.807, 2.05) is 13.8 Å². The maximum Gasteiger partial charge on any atom is 0.390 e. The van der Waals surface area contributed by atoms with Gasteiger partial charge < -0.3 is 10.0 Å². The lowest BCUT2D eigenvalue weighted by molar-refractivity contribution is -0.142. The number of halogens is 3. The topological polar surface area (TPSA) is 60.9 Å². The van der Waals surface area contributed by atoms with Crippen molar-refractivity contribution in [2.24, 2.45) is 5.92 Å². The second kappa shape index (κ2) is 6.76. The number of carbonyl (C=O) groups excluding carboxylic acids is 1. The summed E-state index contributed by atoms with van der Waals surface area (Å²) in [5.41, 5.74) is 0. The highest BCUT2D eigenvalue weighted by atomic mass is 32.2. The number of urea groups is 1. The van der Waals surface area contributed by atoms with Crippen molar-refractivity contribution in [2.75, 3.05) is 19.3 Å². The number of nitrogens with zero attached hydrogens (tertiary/aromatic N) is 2. The number of rotatable bonds is 4. The molecule has 2 unspecified atom stereocenters. The third-order valence-electron chi connectivity index (χ3n) is 3.17. The lowest BCUT2D eigenvalue weighted by Crippen LogP contribution is -2.52. The van der Waals surface area contributed by atoms with E-state index in [0.717, 1.165) is 4.90 Å². The molecule has 122 valence electrons. The summed E-state index contributed by atoms with van der Waals surface area (Å²) < 4.78 is 36.6. The van der Waals surface area contributed by atoms with Crippen LogP contribution in [0.3, 0.4) is 0 Å². The van der Waals surface area contributed by atoms with Crippen LogP contribution in [0.4, 0.5) is 18.0 Å². The van der Waals surface area contributed by atoms with Crippen LogP contribution in [0.25, 0.3) is 0 Å². The van der Waals surface area contributed by atoms with Crippen molar-refractivity contribution in [2.45, 2.75) is 37.9 Å². The smallest absolute Gasteiger partial charge is 0.390 e. The Labute approximate surface area is 125 Å². The van der Waals surface area contributed by atoms with E-state index < -0.39 is 37.2 Å². The van der Waals surface area contributed by atoms with E-state index in [1.54, 1.807) is 0 Å². The predicted octanol–water partition coefficient (Wildman–Crippen LogP) is 2.47. The molecule has 1 fully saturated rings. The monoisotopic (exact) mass is 328 g/mol. The molecule has 0 aliphatic carbocycles. The second-order valence-electron chi connectivity index (χ2n) is 5.30. The van der Waals surface area contributed by atoms with Crippen LogP contribution in [0.1, 0.15) is 20.3 Å². The average Bonchev–Trinajstić information content (AvgIpc) is 2.78. The van der Waals surface area contributed by atoms with Gasteiger partial charge in [0, 0.05) is 19.3 Å². The molecule has 0 aromatic rings. The first kappa shape index (κ1) is 17.9. The SMILES string of the molecule is CC(C)C1SCC(C(=O)O)N1C(=O)N(C)CCC(F)(F)F.